The molecule has 0 amide bonds. The molecule has 0 aromatic heterocycles. The molecule has 1 rings (SSSR count). The highest BCUT2D eigenvalue weighted by atomic mass is 16.5. The number of benzene rings is 1. The van der Waals surface area contributed by atoms with Gasteiger partial charge in [0.2, 0.25) is 0 Å². The zero-order chi connectivity index (χ0) is 14.3. The molecular formula is C13H19NO5. The van der Waals surface area contributed by atoms with Gasteiger partial charge >= 0.3 is 5.97 Å². The first-order chi connectivity index (χ1) is 9.12. The SMILES string of the molecule is COC(=O)c1ccccc1CNC(CO)(CO)CO. The molecule has 4 N–H and O–H groups in total. The normalized spacial score (nSPS) is 11.4. The Morgan fingerprint density at radius 1 is 1.21 bits per heavy atom. The highest BCUT2D eigenvalue weighted by Crippen LogP contribution is 2.12. The smallest absolute Gasteiger partial charge is 0.338 e. The van der Waals surface area contributed by atoms with Crippen molar-refractivity contribution in [2.45, 2.75) is 12.1 Å². The molecule has 0 spiro atoms. The van der Waals surface area contributed by atoms with Crippen LogP contribution in [0.3, 0.4) is 0 Å². The molecule has 0 atom stereocenters. The van der Waals surface area contributed by atoms with Crippen LogP contribution in [0.2, 0.25) is 0 Å². The van der Waals surface area contributed by atoms with Crippen molar-refractivity contribution in [1.29, 1.82) is 0 Å². The van der Waals surface area contributed by atoms with Crippen molar-refractivity contribution in [1.82, 2.24) is 5.32 Å². The van der Waals surface area contributed by atoms with Crippen molar-refractivity contribution in [3.05, 3.63) is 35.4 Å². The molecule has 6 heteroatoms. The number of carbonyl (C=O) groups excluding carboxylic acids is 1. The van der Waals surface area contributed by atoms with E-state index in [1.807, 2.05) is 0 Å². The quantitative estimate of drug-likeness (QED) is 0.488. The third-order valence-electron chi connectivity index (χ3n) is 2.98. The van der Waals surface area contributed by atoms with Crippen LogP contribution in [0.15, 0.2) is 24.3 Å². The Morgan fingerprint density at radius 2 is 1.79 bits per heavy atom. The van der Waals surface area contributed by atoms with Crippen LogP contribution in [-0.2, 0) is 11.3 Å². The van der Waals surface area contributed by atoms with Gasteiger partial charge in [-0.05, 0) is 11.6 Å². The third-order valence-corrected chi connectivity index (χ3v) is 2.98. The van der Waals surface area contributed by atoms with Gasteiger partial charge in [-0.3, -0.25) is 0 Å². The summed E-state index contributed by atoms with van der Waals surface area (Å²) < 4.78 is 4.67. The van der Waals surface area contributed by atoms with Gasteiger partial charge in [-0.25, -0.2) is 4.79 Å². The van der Waals surface area contributed by atoms with Gasteiger partial charge in [0, 0.05) is 6.54 Å². The lowest BCUT2D eigenvalue weighted by atomic mass is 10.0. The minimum Gasteiger partial charge on any atom is -0.465 e. The fourth-order valence-corrected chi connectivity index (χ4v) is 1.58. The van der Waals surface area contributed by atoms with Crippen molar-refractivity contribution in [2.75, 3.05) is 26.9 Å². The van der Waals surface area contributed by atoms with Crippen molar-refractivity contribution in [3.63, 3.8) is 0 Å². The topological polar surface area (TPSA) is 99.0 Å². The van der Waals surface area contributed by atoms with Gasteiger partial charge < -0.3 is 25.4 Å². The van der Waals surface area contributed by atoms with Crippen LogP contribution in [0.1, 0.15) is 15.9 Å². The molecule has 106 valence electrons. The molecule has 0 fully saturated rings. The Morgan fingerprint density at radius 3 is 2.32 bits per heavy atom. The van der Waals surface area contributed by atoms with Crippen LogP contribution in [0.25, 0.3) is 0 Å². The van der Waals surface area contributed by atoms with Crippen LogP contribution in [-0.4, -0.2) is 53.8 Å². The van der Waals surface area contributed by atoms with E-state index in [9.17, 15) is 20.1 Å². The molecule has 0 saturated heterocycles. The number of rotatable bonds is 7. The zero-order valence-corrected chi connectivity index (χ0v) is 10.8. The summed E-state index contributed by atoms with van der Waals surface area (Å²) in [6.45, 7) is -1.03. The standard InChI is InChI=1S/C13H19NO5/c1-19-12(18)11-5-3-2-4-10(11)6-14-13(7-15,8-16)9-17/h2-5,14-17H,6-9H2,1H3. The fourth-order valence-electron chi connectivity index (χ4n) is 1.58. The Labute approximate surface area is 111 Å². The predicted molar refractivity (Wildman–Crippen MR) is 68.6 cm³/mol. The van der Waals surface area contributed by atoms with E-state index in [1.165, 1.54) is 7.11 Å². The van der Waals surface area contributed by atoms with Gasteiger partial charge in [-0.15, -0.1) is 0 Å². The molecule has 6 nitrogen and oxygen atoms in total. The second kappa shape index (κ2) is 7.20. The summed E-state index contributed by atoms with van der Waals surface area (Å²) in [5, 5.41) is 30.5. The van der Waals surface area contributed by atoms with E-state index in [1.54, 1.807) is 24.3 Å². The van der Waals surface area contributed by atoms with Crippen molar-refractivity contribution >= 4 is 5.97 Å². The molecule has 0 aliphatic heterocycles. The van der Waals surface area contributed by atoms with Crippen molar-refractivity contribution in [3.8, 4) is 0 Å². The number of ether oxygens (including phenoxy) is 1. The largest absolute Gasteiger partial charge is 0.465 e. The lowest BCUT2D eigenvalue weighted by Crippen LogP contribution is -2.54. The average molecular weight is 269 g/mol. The summed E-state index contributed by atoms with van der Waals surface area (Å²) in [6, 6.07) is 6.84. The molecule has 0 heterocycles. The Hall–Kier alpha value is -1.47. The molecule has 0 saturated carbocycles. The minimum atomic E-state index is -1.18. The molecule has 0 aliphatic carbocycles. The fraction of sp³-hybridized carbons (Fsp3) is 0.462. The number of hydrogen-bond acceptors (Lipinski definition) is 6. The van der Waals surface area contributed by atoms with E-state index in [4.69, 9.17) is 0 Å². The number of aliphatic hydroxyl groups excluding tert-OH is 3. The first kappa shape index (κ1) is 15.6. The molecule has 0 bridgehead atoms. The van der Waals surface area contributed by atoms with Gasteiger partial charge in [-0.2, -0.15) is 0 Å². The van der Waals surface area contributed by atoms with Crippen molar-refractivity contribution in [2.24, 2.45) is 0 Å². The summed E-state index contributed by atoms with van der Waals surface area (Å²) in [5.41, 5.74) is -0.113. The maximum atomic E-state index is 11.6. The van der Waals surface area contributed by atoms with E-state index in [0.29, 0.717) is 11.1 Å². The molecule has 1 aromatic rings. The number of esters is 1. The summed E-state index contributed by atoms with van der Waals surface area (Å²) in [6.07, 6.45) is 0. The van der Waals surface area contributed by atoms with Gasteiger partial charge in [0.1, 0.15) is 0 Å². The van der Waals surface area contributed by atoms with E-state index >= 15 is 0 Å². The maximum absolute atomic E-state index is 11.6. The summed E-state index contributed by atoms with van der Waals surface area (Å²) in [4.78, 5) is 11.6. The molecular weight excluding hydrogens is 250 g/mol. The molecule has 19 heavy (non-hydrogen) atoms. The van der Waals surface area contributed by atoms with Crippen LogP contribution in [0.4, 0.5) is 0 Å². The first-order valence-electron chi connectivity index (χ1n) is 5.86. The summed E-state index contributed by atoms with van der Waals surface area (Å²) >= 11 is 0. The number of methoxy groups -OCH3 is 1. The predicted octanol–water partition coefficient (Wildman–Crippen LogP) is -0.722. The first-order valence-corrected chi connectivity index (χ1v) is 5.86. The van der Waals surface area contributed by atoms with Gasteiger partial charge in [0.05, 0.1) is 38.0 Å². The second-order valence-corrected chi connectivity index (χ2v) is 4.26. The number of aliphatic hydroxyl groups is 3. The number of carbonyl (C=O) groups is 1. The van der Waals surface area contributed by atoms with Gasteiger partial charge in [0.15, 0.2) is 0 Å². The van der Waals surface area contributed by atoms with Crippen LogP contribution >= 0.6 is 0 Å². The number of hydrogen-bond donors (Lipinski definition) is 4. The van der Waals surface area contributed by atoms with Crippen LogP contribution in [0, 0.1) is 0 Å². The zero-order valence-electron chi connectivity index (χ0n) is 10.8. The van der Waals surface area contributed by atoms with E-state index in [2.05, 4.69) is 10.1 Å². The number of nitrogens with one attached hydrogen (secondary N) is 1. The van der Waals surface area contributed by atoms with Crippen LogP contribution < -0.4 is 5.32 Å². The molecule has 0 aliphatic rings. The lowest BCUT2D eigenvalue weighted by Gasteiger charge is -2.29. The lowest BCUT2D eigenvalue weighted by molar-refractivity contribution is 0.0412. The van der Waals surface area contributed by atoms with E-state index in [0.717, 1.165) is 0 Å². The maximum Gasteiger partial charge on any atom is 0.338 e. The second-order valence-electron chi connectivity index (χ2n) is 4.26. The molecule has 0 radical (unpaired) electrons. The summed E-state index contributed by atoms with van der Waals surface area (Å²) in [7, 11) is 1.30. The van der Waals surface area contributed by atoms with Crippen molar-refractivity contribution < 1.29 is 24.9 Å². The summed E-state index contributed by atoms with van der Waals surface area (Å²) in [5.74, 6) is -0.458. The van der Waals surface area contributed by atoms with E-state index in [-0.39, 0.29) is 6.54 Å². The highest BCUT2D eigenvalue weighted by Gasteiger charge is 2.27. The molecule has 1 aromatic carbocycles. The van der Waals surface area contributed by atoms with Crippen LogP contribution in [0.5, 0.6) is 0 Å². The van der Waals surface area contributed by atoms with E-state index < -0.39 is 31.3 Å². The Kier molecular flexibility index (Phi) is 5.91. The third kappa shape index (κ3) is 3.74. The monoisotopic (exact) mass is 269 g/mol. The highest BCUT2D eigenvalue weighted by molar-refractivity contribution is 5.90. The molecule has 0 unspecified atom stereocenters. The van der Waals surface area contributed by atoms with Gasteiger partial charge in [0.25, 0.3) is 0 Å². The minimum absolute atomic E-state index is 0.215. The van der Waals surface area contributed by atoms with Gasteiger partial charge in [-0.1, -0.05) is 18.2 Å². The average Bonchev–Trinajstić information content (AvgIpc) is 2.49. The Balaban J connectivity index is 2.85. The Bertz CT molecular complexity index is 409.